The zero-order valence-corrected chi connectivity index (χ0v) is 15.5. The van der Waals surface area contributed by atoms with E-state index in [1.54, 1.807) is 0 Å². The van der Waals surface area contributed by atoms with Crippen LogP contribution in [-0.4, -0.2) is 35.4 Å². The second-order valence-electron chi connectivity index (χ2n) is 6.25. The van der Waals surface area contributed by atoms with Crippen LogP contribution in [0, 0.1) is 0 Å². The first-order chi connectivity index (χ1) is 11.5. The first-order valence-corrected chi connectivity index (χ1v) is 9.17. The Balaban J connectivity index is 2.05. The molecule has 0 saturated heterocycles. The Hall–Kier alpha value is -1.26. The highest BCUT2D eigenvalue weighted by Gasteiger charge is 2.17. The average molecular weight is 366 g/mol. The van der Waals surface area contributed by atoms with Crippen molar-refractivity contribution >= 4 is 45.0 Å². The molecular formula is C19H23Cl2N2O+. The van der Waals surface area contributed by atoms with Crippen LogP contribution in [0.5, 0.6) is 0 Å². The van der Waals surface area contributed by atoms with Crippen molar-refractivity contribution in [3.8, 4) is 0 Å². The molecule has 0 spiro atoms. The van der Waals surface area contributed by atoms with Crippen LogP contribution in [0.15, 0.2) is 36.4 Å². The SMILES string of the molecule is CC[NH+](CC)CC(O)Cn1c2ccc(Cl)cc2c2cc(Cl)ccc21. The lowest BCUT2D eigenvalue weighted by Gasteiger charge is -2.20. The number of benzene rings is 2. The minimum Gasteiger partial charge on any atom is -0.385 e. The summed E-state index contributed by atoms with van der Waals surface area (Å²) in [6.45, 7) is 7.64. The molecule has 0 radical (unpaired) electrons. The lowest BCUT2D eigenvalue weighted by atomic mass is 10.1. The number of nitrogens with zero attached hydrogens (tertiary/aromatic N) is 1. The predicted molar refractivity (Wildman–Crippen MR) is 102 cm³/mol. The molecule has 3 rings (SSSR count). The fraction of sp³-hybridized carbons (Fsp3) is 0.368. The minimum atomic E-state index is -0.398. The Bertz CT molecular complexity index is 796. The van der Waals surface area contributed by atoms with Crippen LogP contribution in [-0.2, 0) is 6.54 Å². The number of aromatic nitrogens is 1. The summed E-state index contributed by atoms with van der Waals surface area (Å²) in [5.74, 6) is 0. The Morgan fingerprint density at radius 2 is 1.46 bits per heavy atom. The van der Waals surface area contributed by atoms with E-state index in [1.807, 2.05) is 36.4 Å². The van der Waals surface area contributed by atoms with Crippen LogP contribution in [0.25, 0.3) is 21.8 Å². The van der Waals surface area contributed by atoms with E-state index in [0.29, 0.717) is 16.6 Å². The van der Waals surface area contributed by atoms with E-state index >= 15 is 0 Å². The van der Waals surface area contributed by atoms with Crippen LogP contribution < -0.4 is 4.90 Å². The summed E-state index contributed by atoms with van der Waals surface area (Å²) in [6.07, 6.45) is -0.398. The summed E-state index contributed by atoms with van der Waals surface area (Å²) >= 11 is 12.4. The fourth-order valence-electron chi connectivity index (χ4n) is 3.39. The Kier molecular flexibility index (Phi) is 5.36. The molecule has 0 aliphatic carbocycles. The second kappa shape index (κ2) is 7.32. The van der Waals surface area contributed by atoms with Gasteiger partial charge in [0.1, 0.15) is 12.6 Å². The van der Waals surface area contributed by atoms with Crippen molar-refractivity contribution < 1.29 is 10.0 Å². The lowest BCUT2D eigenvalue weighted by Crippen LogP contribution is -3.12. The van der Waals surface area contributed by atoms with Gasteiger partial charge in [0.15, 0.2) is 0 Å². The van der Waals surface area contributed by atoms with Gasteiger partial charge in [0, 0.05) is 31.9 Å². The summed E-state index contributed by atoms with van der Waals surface area (Å²) in [6, 6.07) is 11.7. The second-order valence-corrected chi connectivity index (χ2v) is 7.12. The average Bonchev–Trinajstić information content (AvgIpc) is 2.85. The molecule has 2 N–H and O–H groups in total. The van der Waals surface area contributed by atoms with Crippen LogP contribution in [0.1, 0.15) is 13.8 Å². The number of hydrogen-bond donors (Lipinski definition) is 2. The number of hydrogen-bond acceptors (Lipinski definition) is 1. The van der Waals surface area contributed by atoms with E-state index in [-0.39, 0.29) is 0 Å². The standard InChI is InChI=1S/C19H22Cl2N2O/c1-3-22(4-2)11-15(24)12-23-18-7-5-13(20)9-16(18)17-10-14(21)6-8-19(17)23/h5-10,15,24H,3-4,11-12H2,1-2H3/p+1. The van der Waals surface area contributed by atoms with Gasteiger partial charge in [0.05, 0.1) is 19.6 Å². The quantitative estimate of drug-likeness (QED) is 0.688. The van der Waals surface area contributed by atoms with Gasteiger partial charge in [-0.2, -0.15) is 0 Å². The molecule has 0 fully saturated rings. The molecule has 24 heavy (non-hydrogen) atoms. The third kappa shape index (κ3) is 3.40. The number of quaternary nitrogens is 1. The van der Waals surface area contributed by atoms with Gasteiger partial charge in [0.2, 0.25) is 0 Å². The molecule has 128 valence electrons. The number of halogens is 2. The Labute approximate surface area is 152 Å². The van der Waals surface area contributed by atoms with E-state index in [4.69, 9.17) is 23.2 Å². The van der Waals surface area contributed by atoms with Crippen molar-refractivity contribution in [3.63, 3.8) is 0 Å². The van der Waals surface area contributed by atoms with Gasteiger partial charge >= 0.3 is 0 Å². The highest BCUT2D eigenvalue weighted by atomic mass is 35.5. The molecule has 0 aliphatic heterocycles. The third-order valence-corrected chi connectivity index (χ3v) is 5.18. The van der Waals surface area contributed by atoms with Crippen LogP contribution in [0.3, 0.4) is 0 Å². The fourth-order valence-corrected chi connectivity index (χ4v) is 3.74. The monoisotopic (exact) mass is 365 g/mol. The van der Waals surface area contributed by atoms with E-state index < -0.39 is 6.10 Å². The van der Waals surface area contributed by atoms with Crippen LogP contribution in [0.2, 0.25) is 10.0 Å². The van der Waals surface area contributed by atoms with E-state index in [2.05, 4.69) is 18.4 Å². The molecule has 1 aromatic heterocycles. The minimum absolute atomic E-state index is 0.398. The number of rotatable bonds is 6. The summed E-state index contributed by atoms with van der Waals surface area (Å²) in [7, 11) is 0. The highest BCUT2D eigenvalue weighted by molar-refractivity contribution is 6.33. The number of aliphatic hydroxyl groups excluding tert-OH is 1. The zero-order chi connectivity index (χ0) is 17.3. The van der Waals surface area contributed by atoms with Crippen molar-refractivity contribution in [3.05, 3.63) is 46.4 Å². The topological polar surface area (TPSA) is 29.6 Å². The molecule has 0 bridgehead atoms. The molecule has 0 aliphatic rings. The maximum absolute atomic E-state index is 10.6. The number of fused-ring (bicyclic) bond motifs is 3. The molecule has 3 aromatic rings. The van der Waals surface area contributed by atoms with Crippen LogP contribution >= 0.6 is 23.2 Å². The van der Waals surface area contributed by atoms with Crippen molar-refractivity contribution in [1.29, 1.82) is 0 Å². The van der Waals surface area contributed by atoms with Gasteiger partial charge in [0.25, 0.3) is 0 Å². The molecule has 1 unspecified atom stereocenters. The summed E-state index contributed by atoms with van der Waals surface area (Å²) in [5.41, 5.74) is 2.15. The maximum Gasteiger partial charge on any atom is 0.121 e. The van der Waals surface area contributed by atoms with Crippen LogP contribution in [0.4, 0.5) is 0 Å². The number of aliphatic hydroxyl groups is 1. The largest absolute Gasteiger partial charge is 0.385 e. The van der Waals surface area contributed by atoms with Crippen molar-refractivity contribution in [2.24, 2.45) is 0 Å². The molecule has 1 atom stereocenters. The molecular weight excluding hydrogens is 343 g/mol. The first-order valence-electron chi connectivity index (χ1n) is 8.42. The van der Waals surface area contributed by atoms with Crippen molar-refractivity contribution in [2.75, 3.05) is 19.6 Å². The van der Waals surface area contributed by atoms with Gasteiger partial charge in [-0.3, -0.25) is 0 Å². The molecule has 5 heteroatoms. The van der Waals surface area contributed by atoms with Crippen molar-refractivity contribution in [2.45, 2.75) is 26.5 Å². The van der Waals surface area contributed by atoms with E-state index in [9.17, 15) is 5.11 Å². The van der Waals surface area contributed by atoms with Gasteiger partial charge in [-0.1, -0.05) is 23.2 Å². The van der Waals surface area contributed by atoms with Gasteiger partial charge in [-0.15, -0.1) is 0 Å². The molecule has 1 heterocycles. The molecule has 0 saturated carbocycles. The summed E-state index contributed by atoms with van der Waals surface area (Å²) in [4.78, 5) is 1.40. The summed E-state index contributed by atoms with van der Waals surface area (Å²) in [5, 5.41) is 14.1. The molecule has 3 nitrogen and oxygen atoms in total. The lowest BCUT2D eigenvalue weighted by molar-refractivity contribution is -0.899. The third-order valence-electron chi connectivity index (χ3n) is 4.71. The van der Waals surface area contributed by atoms with Gasteiger partial charge in [-0.25, -0.2) is 0 Å². The number of nitrogens with one attached hydrogen (secondary N) is 1. The zero-order valence-electron chi connectivity index (χ0n) is 14.0. The maximum atomic E-state index is 10.6. The first kappa shape index (κ1) is 17.6. The summed E-state index contributed by atoms with van der Waals surface area (Å²) < 4.78 is 2.17. The van der Waals surface area contributed by atoms with Crippen molar-refractivity contribution in [1.82, 2.24) is 4.57 Å². The van der Waals surface area contributed by atoms with Gasteiger partial charge in [-0.05, 0) is 50.2 Å². The normalized spacial score (nSPS) is 13.2. The smallest absolute Gasteiger partial charge is 0.121 e. The van der Waals surface area contributed by atoms with E-state index in [0.717, 1.165) is 41.4 Å². The predicted octanol–water partition coefficient (Wildman–Crippen LogP) is 3.39. The Morgan fingerprint density at radius 3 is 1.92 bits per heavy atom. The molecule has 2 aromatic carbocycles. The Morgan fingerprint density at radius 1 is 0.958 bits per heavy atom. The van der Waals surface area contributed by atoms with E-state index in [1.165, 1.54) is 4.90 Å². The highest BCUT2D eigenvalue weighted by Crippen LogP contribution is 2.32. The number of likely N-dealkylation sites (N-methyl/N-ethyl adjacent to an activating group) is 1. The van der Waals surface area contributed by atoms with Gasteiger partial charge < -0.3 is 14.6 Å². The molecule has 0 amide bonds.